The van der Waals surface area contributed by atoms with E-state index in [1.807, 2.05) is 26.0 Å². The third-order valence-electron chi connectivity index (χ3n) is 5.36. The van der Waals surface area contributed by atoms with Crippen molar-refractivity contribution in [3.8, 4) is 0 Å². The van der Waals surface area contributed by atoms with Gasteiger partial charge in [-0.1, -0.05) is 30.3 Å². The minimum absolute atomic E-state index is 0.158. The van der Waals surface area contributed by atoms with Crippen LogP contribution < -0.4 is 5.73 Å². The zero-order chi connectivity index (χ0) is 19.6. The molecule has 1 fully saturated rings. The first kappa shape index (κ1) is 18.8. The molecule has 5 nitrogen and oxygen atoms in total. The van der Waals surface area contributed by atoms with Crippen LogP contribution in [-0.4, -0.2) is 35.6 Å². The van der Waals surface area contributed by atoms with Gasteiger partial charge in [-0.2, -0.15) is 0 Å². The van der Waals surface area contributed by atoms with E-state index in [4.69, 9.17) is 5.73 Å². The number of hydrogen-bond donors (Lipinski definition) is 1. The van der Waals surface area contributed by atoms with Crippen LogP contribution in [-0.2, 0) is 4.79 Å². The van der Waals surface area contributed by atoms with Gasteiger partial charge in [0.1, 0.15) is 0 Å². The third kappa shape index (κ3) is 3.92. The number of likely N-dealkylation sites (tertiary alicyclic amines) is 1. The number of amides is 2. The van der Waals surface area contributed by atoms with Crippen LogP contribution in [0.5, 0.6) is 0 Å². The second kappa shape index (κ2) is 7.74. The van der Waals surface area contributed by atoms with E-state index in [1.165, 1.54) is 0 Å². The smallest absolute Gasteiger partial charge is 0.254 e. The Labute approximate surface area is 159 Å². The number of carbonyl (C=O) groups excluding carboxylic acids is 3. The van der Waals surface area contributed by atoms with Crippen LogP contribution in [0.1, 0.15) is 50.2 Å². The standard InChI is InChI=1S/C22H24N2O3/c1-14-7-8-17(13-15(14)2)20(25)18-5-3-4-6-19(18)22(27)24-11-9-16(10-12-24)21(23)26/h3-8,13,16H,9-12H2,1-2H3,(H2,23,26). The molecule has 1 aliphatic heterocycles. The van der Waals surface area contributed by atoms with E-state index < -0.39 is 0 Å². The Morgan fingerprint density at radius 2 is 1.56 bits per heavy atom. The lowest BCUT2D eigenvalue weighted by Crippen LogP contribution is -2.42. The fourth-order valence-electron chi connectivity index (χ4n) is 3.44. The molecule has 140 valence electrons. The molecule has 0 atom stereocenters. The van der Waals surface area contributed by atoms with Crippen LogP contribution in [0.4, 0.5) is 0 Å². The molecule has 0 bridgehead atoms. The summed E-state index contributed by atoms with van der Waals surface area (Å²) in [5.41, 5.74) is 8.90. The zero-order valence-electron chi connectivity index (χ0n) is 15.7. The molecular formula is C22H24N2O3. The average Bonchev–Trinajstić information content (AvgIpc) is 2.69. The monoisotopic (exact) mass is 364 g/mol. The van der Waals surface area contributed by atoms with Crippen molar-refractivity contribution in [3.05, 3.63) is 70.3 Å². The molecule has 0 aromatic heterocycles. The summed E-state index contributed by atoms with van der Waals surface area (Å²) in [7, 11) is 0. The molecule has 0 radical (unpaired) electrons. The van der Waals surface area contributed by atoms with Gasteiger partial charge in [0.25, 0.3) is 5.91 Å². The molecular weight excluding hydrogens is 340 g/mol. The fraction of sp³-hybridized carbons (Fsp3) is 0.318. The summed E-state index contributed by atoms with van der Waals surface area (Å²) in [5.74, 6) is -0.825. The van der Waals surface area contributed by atoms with E-state index in [1.54, 1.807) is 35.2 Å². The highest BCUT2D eigenvalue weighted by atomic mass is 16.2. The van der Waals surface area contributed by atoms with Crippen LogP contribution in [0.25, 0.3) is 0 Å². The number of nitrogens with zero attached hydrogens (tertiary/aromatic N) is 1. The number of piperidine rings is 1. The summed E-state index contributed by atoms with van der Waals surface area (Å²) in [6.45, 7) is 4.90. The maximum absolute atomic E-state index is 13.0. The highest BCUT2D eigenvalue weighted by Gasteiger charge is 2.28. The van der Waals surface area contributed by atoms with E-state index in [-0.39, 0.29) is 23.5 Å². The number of rotatable bonds is 4. The van der Waals surface area contributed by atoms with Crippen molar-refractivity contribution in [1.29, 1.82) is 0 Å². The highest BCUT2D eigenvalue weighted by Crippen LogP contribution is 2.22. The van der Waals surface area contributed by atoms with Crippen LogP contribution in [0, 0.1) is 19.8 Å². The van der Waals surface area contributed by atoms with E-state index in [9.17, 15) is 14.4 Å². The second-order valence-electron chi connectivity index (χ2n) is 7.14. The van der Waals surface area contributed by atoms with Crippen molar-refractivity contribution in [2.45, 2.75) is 26.7 Å². The minimum atomic E-state index is -0.313. The molecule has 5 heteroatoms. The van der Waals surface area contributed by atoms with E-state index in [2.05, 4.69) is 0 Å². The molecule has 0 saturated carbocycles. The first-order valence-electron chi connectivity index (χ1n) is 9.18. The van der Waals surface area contributed by atoms with E-state index in [0.717, 1.165) is 11.1 Å². The van der Waals surface area contributed by atoms with Crippen LogP contribution in [0.15, 0.2) is 42.5 Å². The minimum Gasteiger partial charge on any atom is -0.369 e. The number of hydrogen-bond acceptors (Lipinski definition) is 3. The normalized spacial score (nSPS) is 14.8. The largest absolute Gasteiger partial charge is 0.369 e. The van der Waals surface area contributed by atoms with Gasteiger partial charge in [-0.3, -0.25) is 14.4 Å². The summed E-state index contributed by atoms with van der Waals surface area (Å²) >= 11 is 0. The summed E-state index contributed by atoms with van der Waals surface area (Å²) in [4.78, 5) is 39.1. The first-order valence-corrected chi connectivity index (χ1v) is 9.18. The summed E-state index contributed by atoms with van der Waals surface area (Å²) < 4.78 is 0. The second-order valence-corrected chi connectivity index (χ2v) is 7.14. The fourth-order valence-corrected chi connectivity index (χ4v) is 3.44. The van der Waals surface area contributed by atoms with Gasteiger partial charge in [0.15, 0.2) is 5.78 Å². The molecule has 2 amide bonds. The molecule has 27 heavy (non-hydrogen) atoms. The summed E-state index contributed by atoms with van der Waals surface area (Å²) in [6, 6.07) is 12.5. The van der Waals surface area contributed by atoms with Crippen LogP contribution >= 0.6 is 0 Å². The topological polar surface area (TPSA) is 80.5 Å². The van der Waals surface area contributed by atoms with Gasteiger partial charge < -0.3 is 10.6 Å². The molecule has 2 aromatic carbocycles. The highest BCUT2D eigenvalue weighted by molar-refractivity contribution is 6.15. The van der Waals surface area contributed by atoms with Gasteiger partial charge in [0.2, 0.25) is 5.91 Å². The quantitative estimate of drug-likeness (QED) is 0.847. The lowest BCUT2D eigenvalue weighted by molar-refractivity contribution is -0.123. The number of benzene rings is 2. The van der Waals surface area contributed by atoms with Crippen molar-refractivity contribution in [2.75, 3.05) is 13.1 Å². The van der Waals surface area contributed by atoms with E-state index >= 15 is 0 Å². The molecule has 2 N–H and O–H groups in total. The molecule has 3 rings (SSSR count). The van der Waals surface area contributed by atoms with Crippen molar-refractivity contribution < 1.29 is 14.4 Å². The maximum atomic E-state index is 13.0. The molecule has 2 aromatic rings. The third-order valence-corrected chi connectivity index (χ3v) is 5.36. The first-order chi connectivity index (χ1) is 12.9. The van der Waals surface area contributed by atoms with Crippen molar-refractivity contribution >= 4 is 17.6 Å². The Morgan fingerprint density at radius 1 is 0.926 bits per heavy atom. The number of ketones is 1. The van der Waals surface area contributed by atoms with Gasteiger partial charge in [-0.15, -0.1) is 0 Å². The Bertz CT molecular complexity index is 896. The number of aryl methyl sites for hydroxylation is 2. The maximum Gasteiger partial charge on any atom is 0.254 e. The molecule has 1 heterocycles. The molecule has 1 saturated heterocycles. The van der Waals surface area contributed by atoms with Crippen molar-refractivity contribution in [1.82, 2.24) is 4.90 Å². The van der Waals surface area contributed by atoms with Crippen LogP contribution in [0.2, 0.25) is 0 Å². The molecule has 0 spiro atoms. The zero-order valence-corrected chi connectivity index (χ0v) is 15.7. The SMILES string of the molecule is Cc1ccc(C(=O)c2ccccc2C(=O)N2CCC(C(N)=O)CC2)cc1C. The van der Waals surface area contributed by atoms with E-state index in [0.29, 0.717) is 42.6 Å². The predicted octanol–water partition coefficient (Wildman–Crippen LogP) is 2.87. The van der Waals surface area contributed by atoms with Crippen LogP contribution in [0.3, 0.4) is 0 Å². The number of primary amides is 1. The van der Waals surface area contributed by atoms with Gasteiger partial charge in [-0.25, -0.2) is 0 Å². The summed E-state index contributed by atoms with van der Waals surface area (Å²) in [5, 5.41) is 0. The predicted molar refractivity (Wildman–Crippen MR) is 104 cm³/mol. The number of nitrogens with two attached hydrogens (primary N) is 1. The van der Waals surface area contributed by atoms with Gasteiger partial charge in [0, 0.05) is 30.1 Å². The number of carbonyl (C=O) groups is 3. The Balaban J connectivity index is 1.85. The Kier molecular flexibility index (Phi) is 5.40. The molecule has 0 unspecified atom stereocenters. The average molecular weight is 364 g/mol. The molecule has 0 aliphatic carbocycles. The Morgan fingerprint density at radius 3 is 2.15 bits per heavy atom. The van der Waals surface area contributed by atoms with Gasteiger partial charge in [0.05, 0.1) is 5.56 Å². The lowest BCUT2D eigenvalue weighted by atomic mass is 9.93. The Hall–Kier alpha value is -2.95. The summed E-state index contributed by atoms with van der Waals surface area (Å²) in [6.07, 6.45) is 1.13. The molecule has 1 aliphatic rings. The lowest BCUT2D eigenvalue weighted by Gasteiger charge is -2.31. The van der Waals surface area contributed by atoms with Crippen molar-refractivity contribution in [2.24, 2.45) is 11.7 Å². The van der Waals surface area contributed by atoms with Gasteiger partial charge >= 0.3 is 0 Å². The van der Waals surface area contributed by atoms with Crippen molar-refractivity contribution in [3.63, 3.8) is 0 Å². The van der Waals surface area contributed by atoms with Gasteiger partial charge in [-0.05, 0) is 49.9 Å².